The Morgan fingerprint density at radius 1 is 0.791 bits per heavy atom. The molecule has 2 aromatic carbocycles. The van der Waals surface area contributed by atoms with E-state index < -0.39 is 30.7 Å². The molecule has 0 aliphatic heterocycles. The average Bonchev–Trinajstić information content (AvgIpc) is 3.01. The van der Waals surface area contributed by atoms with Crippen molar-refractivity contribution in [3.8, 4) is 23.0 Å². The van der Waals surface area contributed by atoms with Crippen molar-refractivity contribution in [3.05, 3.63) is 83.4 Å². The van der Waals surface area contributed by atoms with Gasteiger partial charge in [0.25, 0.3) is 5.91 Å². The van der Waals surface area contributed by atoms with Crippen LogP contribution in [0.5, 0.6) is 23.0 Å². The Balaban J connectivity index is 1.82. The van der Waals surface area contributed by atoms with Gasteiger partial charge in [0.05, 0.1) is 27.2 Å². The highest BCUT2D eigenvalue weighted by Crippen LogP contribution is 2.31. The summed E-state index contributed by atoms with van der Waals surface area (Å²) in [6.45, 7) is 6.06. The van der Waals surface area contributed by atoms with E-state index in [0.717, 1.165) is 11.1 Å². The van der Waals surface area contributed by atoms with Crippen LogP contribution >= 0.6 is 0 Å². The minimum atomic E-state index is -1.07. The molecule has 0 aliphatic carbocycles. The zero-order valence-electron chi connectivity index (χ0n) is 25.3. The highest BCUT2D eigenvalue weighted by Gasteiger charge is 2.25. The van der Waals surface area contributed by atoms with Crippen molar-refractivity contribution in [2.45, 2.75) is 33.7 Å². The number of rotatable bonds is 13. The zero-order chi connectivity index (χ0) is 31.5. The predicted octanol–water partition coefficient (Wildman–Crippen LogP) is 4.78. The predicted molar refractivity (Wildman–Crippen MR) is 158 cm³/mol. The average molecular weight is 593 g/mol. The summed E-state index contributed by atoms with van der Waals surface area (Å²) in [7, 11) is 4.55. The van der Waals surface area contributed by atoms with Crippen LogP contribution in [0.2, 0.25) is 0 Å². The van der Waals surface area contributed by atoms with Gasteiger partial charge in [-0.1, -0.05) is 38.1 Å². The fourth-order valence-electron chi connectivity index (χ4n) is 3.91. The quantitative estimate of drug-likeness (QED) is 0.168. The molecule has 0 spiro atoms. The Morgan fingerprint density at radius 2 is 1.35 bits per heavy atom. The van der Waals surface area contributed by atoms with Crippen LogP contribution in [-0.4, -0.2) is 57.0 Å². The van der Waals surface area contributed by atoms with Gasteiger partial charge in [0.2, 0.25) is 6.79 Å². The van der Waals surface area contributed by atoms with E-state index in [2.05, 4.69) is 10.3 Å². The summed E-state index contributed by atoms with van der Waals surface area (Å²) < 4.78 is 32.2. The number of benzene rings is 2. The van der Waals surface area contributed by atoms with E-state index in [1.54, 1.807) is 59.3 Å². The maximum Gasteiger partial charge on any atom is 0.333 e. The molecule has 0 aliphatic rings. The van der Waals surface area contributed by atoms with E-state index in [-0.39, 0.29) is 23.1 Å². The maximum absolute atomic E-state index is 13.2. The third-order valence-corrected chi connectivity index (χ3v) is 6.24. The highest BCUT2D eigenvalue weighted by atomic mass is 16.7. The van der Waals surface area contributed by atoms with Crippen molar-refractivity contribution >= 4 is 23.4 Å². The summed E-state index contributed by atoms with van der Waals surface area (Å²) in [5, 5.41) is 2.58. The van der Waals surface area contributed by atoms with Crippen molar-refractivity contribution < 1.29 is 42.8 Å². The van der Waals surface area contributed by atoms with E-state index in [1.165, 1.54) is 26.3 Å². The fourth-order valence-corrected chi connectivity index (χ4v) is 3.91. The third-order valence-electron chi connectivity index (χ3n) is 6.24. The highest BCUT2D eigenvalue weighted by molar-refractivity contribution is 5.98. The molecule has 0 radical (unpaired) electrons. The van der Waals surface area contributed by atoms with E-state index in [0.29, 0.717) is 22.8 Å². The molecular weight excluding hydrogens is 556 g/mol. The summed E-state index contributed by atoms with van der Waals surface area (Å²) in [5.74, 6) is -0.443. The molecule has 1 amide bonds. The number of allylic oxidation sites excluding steroid dienone is 1. The van der Waals surface area contributed by atoms with Crippen LogP contribution in [0, 0.1) is 5.92 Å². The number of hydrogen-bond donors (Lipinski definition) is 1. The summed E-state index contributed by atoms with van der Waals surface area (Å²) in [6.07, 6.45) is 1.35. The number of hydrogen-bond acceptors (Lipinski definition) is 10. The van der Waals surface area contributed by atoms with E-state index in [1.807, 2.05) is 24.3 Å². The van der Waals surface area contributed by atoms with Crippen LogP contribution in [0.4, 0.5) is 0 Å². The largest absolute Gasteiger partial charge is 0.497 e. The second-order valence-corrected chi connectivity index (χ2v) is 9.58. The number of nitrogens with one attached hydrogen (secondary N) is 1. The Hall–Kier alpha value is -5.06. The monoisotopic (exact) mass is 592 g/mol. The van der Waals surface area contributed by atoms with Crippen molar-refractivity contribution in [3.63, 3.8) is 0 Å². The first kappa shape index (κ1) is 32.5. The number of nitrogens with zero attached hydrogens (tertiary/aromatic N) is 1. The van der Waals surface area contributed by atoms with Crippen LogP contribution in [0.3, 0.4) is 0 Å². The number of carbonyl (C=O) groups is 3. The maximum atomic E-state index is 13.2. The van der Waals surface area contributed by atoms with Crippen LogP contribution in [0.1, 0.15) is 49.3 Å². The van der Waals surface area contributed by atoms with Crippen molar-refractivity contribution in [1.29, 1.82) is 0 Å². The molecule has 1 atom stereocenters. The molecular formula is C32H36N2O9. The molecule has 1 heterocycles. The van der Waals surface area contributed by atoms with Crippen molar-refractivity contribution in [2.24, 2.45) is 5.92 Å². The Bertz CT molecular complexity index is 1400. The molecule has 1 N–H and O–H groups in total. The molecule has 3 rings (SSSR count). The van der Waals surface area contributed by atoms with Gasteiger partial charge >= 0.3 is 11.9 Å². The molecule has 0 bridgehead atoms. The molecule has 43 heavy (non-hydrogen) atoms. The summed E-state index contributed by atoms with van der Waals surface area (Å²) >= 11 is 0. The summed E-state index contributed by atoms with van der Waals surface area (Å²) in [4.78, 5) is 42.2. The lowest BCUT2D eigenvalue weighted by Gasteiger charge is -2.18. The van der Waals surface area contributed by atoms with Gasteiger partial charge < -0.3 is 33.7 Å². The van der Waals surface area contributed by atoms with Gasteiger partial charge in [-0.05, 0) is 49.2 Å². The molecule has 0 unspecified atom stereocenters. The lowest BCUT2D eigenvalue weighted by Crippen LogP contribution is -2.40. The Morgan fingerprint density at radius 3 is 1.84 bits per heavy atom. The van der Waals surface area contributed by atoms with Gasteiger partial charge in [0.1, 0.15) is 23.3 Å². The van der Waals surface area contributed by atoms with Crippen molar-refractivity contribution in [1.82, 2.24) is 10.3 Å². The first-order valence-electron chi connectivity index (χ1n) is 13.4. The van der Waals surface area contributed by atoms with Gasteiger partial charge in [0.15, 0.2) is 17.2 Å². The third kappa shape index (κ3) is 8.48. The Labute approximate surface area is 250 Å². The number of amides is 1. The van der Waals surface area contributed by atoms with E-state index in [9.17, 15) is 14.4 Å². The molecule has 0 fully saturated rings. The van der Waals surface area contributed by atoms with E-state index >= 15 is 0 Å². The minimum absolute atomic E-state index is 0.0444. The Kier molecular flexibility index (Phi) is 11.5. The number of pyridine rings is 1. The molecule has 3 aromatic rings. The summed E-state index contributed by atoms with van der Waals surface area (Å²) in [5.41, 5.74) is 2.07. The standard InChI is InChI=1S/C32H36N2O9/c1-19(2)31(36)42-18-41-29-26(40-7)16-17-33-28(29)30(35)34-20(3)32(37)43-21(4)27(22-8-12-24(38-5)13-9-22)23-10-14-25(39-6)15-11-23/h8-17,19-20H,18H2,1-7H3,(H,34,35)/t20-/m0/s1. The lowest BCUT2D eigenvalue weighted by atomic mass is 9.96. The van der Waals surface area contributed by atoms with Crippen LogP contribution in [-0.2, 0) is 19.1 Å². The minimum Gasteiger partial charge on any atom is -0.497 e. The second kappa shape index (κ2) is 15.2. The topological polar surface area (TPSA) is 132 Å². The number of methoxy groups -OCH3 is 3. The number of ether oxygens (including phenoxy) is 6. The molecule has 0 saturated carbocycles. The van der Waals surface area contributed by atoms with Gasteiger partial charge in [-0.15, -0.1) is 0 Å². The van der Waals surface area contributed by atoms with Gasteiger partial charge in [-0.2, -0.15) is 0 Å². The SMILES string of the molecule is COc1ccc(C(=C(C)OC(=O)[C@H](C)NC(=O)c2nccc(OC)c2OCOC(=O)C(C)C)c2ccc(OC)cc2)cc1. The summed E-state index contributed by atoms with van der Waals surface area (Å²) in [6, 6.07) is 15.1. The van der Waals surface area contributed by atoms with Crippen LogP contribution in [0.25, 0.3) is 5.57 Å². The smallest absolute Gasteiger partial charge is 0.333 e. The first-order valence-corrected chi connectivity index (χ1v) is 13.4. The number of carbonyl (C=O) groups excluding carboxylic acids is 3. The fraction of sp³-hybridized carbons (Fsp3) is 0.312. The zero-order valence-corrected chi connectivity index (χ0v) is 25.3. The number of aromatic nitrogens is 1. The molecule has 1 aromatic heterocycles. The molecule has 228 valence electrons. The normalized spacial score (nSPS) is 11.2. The van der Waals surface area contributed by atoms with E-state index in [4.69, 9.17) is 28.4 Å². The molecule has 11 nitrogen and oxygen atoms in total. The first-order chi connectivity index (χ1) is 20.6. The lowest BCUT2D eigenvalue weighted by molar-refractivity contribution is -0.154. The molecule has 0 saturated heterocycles. The van der Waals surface area contributed by atoms with Gasteiger partial charge in [0, 0.05) is 17.8 Å². The van der Waals surface area contributed by atoms with Gasteiger partial charge in [-0.25, -0.2) is 9.78 Å². The van der Waals surface area contributed by atoms with Crippen molar-refractivity contribution in [2.75, 3.05) is 28.1 Å². The molecule has 11 heteroatoms. The second-order valence-electron chi connectivity index (χ2n) is 9.58. The van der Waals surface area contributed by atoms with Gasteiger partial charge in [-0.3, -0.25) is 9.59 Å². The van der Waals surface area contributed by atoms with Crippen LogP contribution < -0.4 is 24.3 Å². The van der Waals surface area contributed by atoms with Crippen LogP contribution in [0.15, 0.2) is 66.6 Å². The number of esters is 2.